The minimum absolute atomic E-state index is 0.0702. The number of anilines is 1. The van der Waals surface area contributed by atoms with Gasteiger partial charge in [-0.3, -0.25) is 9.69 Å². The van der Waals surface area contributed by atoms with Crippen LogP contribution in [0.2, 0.25) is 0 Å². The Bertz CT molecular complexity index is 420. The quantitative estimate of drug-likeness (QED) is 0.777. The van der Waals surface area contributed by atoms with E-state index < -0.39 is 0 Å². The largest absolute Gasteiger partial charge is 0.354 e. The van der Waals surface area contributed by atoms with Crippen LogP contribution in [0.15, 0.2) is 18.3 Å². The lowest BCUT2D eigenvalue weighted by molar-refractivity contribution is 0.101. The summed E-state index contributed by atoms with van der Waals surface area (Å²) in [6.07, 6.45) is 1.68. The number of aromatic nitrogens is 1. The van der Waals surface area contributed by atoms with Gasteiger partial charge in [-0.15, -0.1) is 0 Å². The average molecular weight is 261 g/mol. The molecule has 104 valence electrons. The lowest BCUT2D eigenvalue weighted by atomic mass is 10.2. The van der Waals surface area contributed by atoms with Crippen LogP contribution in [0.25, 0.3) is 0 Å². The van der Waals surface area contributed by atoms with Crippen LogP contribution in [0.5, 0.6) is 0 Å². The van der Waals surface area contributed by atoms with Crippen molar-refractivity contribution in [3.63, 3.8) is 0 Å². The van der Waals surface area contributed by atoms with Gasteiger partial charge in [0.1, 0.15) is 5.82 Å². The fourth-order valence-corrected chi connectivity index (χ4v) is 2.46. The van der Waals surface area contributed by atoms with Crippen molar-refractivity contribution in [1.82, 2.24) is 9.88 Å². The molecule has 1 aromatic heterocycles. The van der Waals surface area contributed by atoms with Crippen molar-refractivity contribution in [2.24, 2.45) is 5.92 Å². The molecule has 0 atom stereocenters. The van der Waals surface area contributed by atoms with Gasteiger partial charge in [-0.2, -0.15) is 0 Å². The molecule has 2 rings (SSSR count). The van der Waals surface area contributed by atoms with E-state index in [4.69, 9.17) is 0 Å². The molecular weight excluding hydrogens is 238 g/mol. The van der Waals surface area contributed by atoms with E-state index in [0.29, 0.717) is 5.56 Å². The number of ketones is 1. The first-order chi connectivity index (χ1) is 9.06. The number of piperazine rings is 1. The minimum Gasteiger partial charge on any atom is -0.354 e. The van der Waals surface area contributed by atoms with E-state index in [1.165, 1.54) is 6.54 Å². The molecule has 19 heavy (non-hydrogen) atoms. The van der Waals surface area contributed by atoms with Gasteiger partial charge in [-0.1, -0.05) is 13.8 Å². The smallest absolute Gasteiger partial charge is 0.161 e. The second-order valence-electron chi connectivity index (χ2n) is 5.64. The summed E-state index contributed by atoms with van der Waals surface area (Å²) in [6.45, 7) is 11.5. The van der Waals surface area contributed by atoms with Gasteiger partial charge in [-0.25, -0.2) is 4.98 Å². The first-order valence-corrected chi connectivity index (χ1v) is 7.00. The van der Waals surface area contributed by atoms with E-state index in [-0.39, 0.29) is 5.78 Å². The van der Waals surface area contributed by atoms with E-state index in [9.17, 15) is 4.79 Å². The van der Waals surface area contributed by atoms with Crippen LogP contribution in [0.3, 0.4) is 0 Å². The van der Waals surface area contributed by atoms with Crippen molar-refractivity contribution in [3.8, 4) is 0 Å². The van der Waals surface area contributed by atoms with E-state index in [1.54, 1.807) is 13.1 Å². The predicted octanol–water partition coefficient (Wildman–Crippen LogP) is 2.06. The Labute approximate surface area is 115 Å². The number of Topliss-reactive ketones (excluding diaryl/α,β-unsaturated/α-hetero) is 1. The summed E-state index contributed by atoms with van der Waals surface area (Å²) in [5.74, 6) is 1.77. The number of carbonyl (C=O) groups excluding carboxylic acids is 1. The lowest BCUT2D eigenvalue weighted by Crippen LogP contribution is -2.47. The number of pyridine rings is 1. The van der Waals surface area contributed by atoms with Crippen LogP contribution in [-0.4, -0.2) is 48.4 Å². The Morgan fingerprint density at radius 3 is 2.42 bits per heavy atom. The van der Waals surface area contributed by atoms with E-state index in [2.05, 4.69) is 28.6 Å². The Balaban J connectivity index is 1.92. The Hall–Kier alpha value is -1.42. The molecule has 1 saturated heterocycles. The Kier molecular flexibility index (Phi) is 4.53. The van der Waals surface area contributed by atoms with Gasteiger partial charge in [0.25, 0.3) is 0 Å². The number of hydrogen-bond donors (Lipinski definition) is 0. The molecule has 0 saturated carbocycles. The highest BCUT2D eigenvalue weighted by Gasteiger charge is 2.18. The maximum Gasteiger partial charge on any atom is 0.161 e. The maximum absolute atomic E-state index is 11.2. The zero-order valence-electron chi connectivity index (χ0n) is 12.1. The second-order valence-corrected chi connectivity index (χ2v) is 5.64. The summed E-state index contributed by atoms with van der Waals surface area (Å²) in [5, 5.41) is 0. The van der Waals surface area contributed by atoms with Gasteiger partial charge in [-0.05, 0) is 25.0 Å². The van der Waals surface area contributed by atoms with Gasteiger partial charge >= 0.3 is 0 Å². The molecule has 1 aromatic rings. The summed E-state index contributed by atoms with van der Waals surface area (Å²) >= 11 is 0. The standard InChI is InChI=1S/C15H23N3O/c1-12(2)11-17-6-8-18(9-7-17)15-5-4-14(10-16-15)13(3)19/h4-5,10,12H,6-9,11H2,1-3H3. The first-order valence-electron chi connectivity index (χ1n) is 7.00. The van der Waals surface area contributed by atoms with Crippen molar-refractivity contribution in [2.45, 2.75) is 20.8 Å². The lowest BCUT2D eigenvalue weighted by Gasteiger charge is -2.36. The summed E-state index contributed by atoms with van der Waals surface area (Å²) in [4.78, 5) is 20.4. The SMILES string of the molecule is CC(=O)c1ccc(N2CCN(CC(C)C)CC2)nc1. The fraction of sp³-hybridized carbons (Fsp3) is 0.600. The normalized spacial score (nSPS) is 16.9. The first kappa shape index (κ1) is 14.0. The molecule has 1 aliphatic rings. The van der Waals surface area contributed by atoms with Crippen molar-refractivity contribution in [3.05, 3.63) is 23.9 Å². The molecule has 4 heteroatoms. The summed E-state index contributed by atoms with van der Waals surface area (Å²) in [7, 11) is 0. The molecule has 0 N–H and O–H groups in total. The van der Waals surface area contributed by atoms with Crippen molar-refractivity contribution in [2.75, 3.05) is 37.6 Å². The highest BCUT2D eigenvalue weighted by Crippen LogP contribution is 2.15. The van der Waals surface area contributed by atoms with Crippen molar-refractivity contribution < 1.29 is 4.79 Å². The molecule has 0 aromatic carbocycles. The third-order valence-corrected chi connectivity index (χ3v) is 3.47. The molecule has 0 spiro atoms. The Morgan fingerprint density at radius 2 is 1.95 bits per heavy atom. The molecule has 0 bridgehead atoms. The number of rotatable bonds is 4. The van der Waals surface area contributed by atoms with E-state index >= 15 is 0 Å². The zero-order valence-corrected chi connectivity index (χ0v) is 12.1. The molecule has 2 heterocycles. The van der Waals surface area contributed by atoms with Crippen LogP contribution >= 0.6 is 0 Å². The maximum atomic E-state index is 11.2. The van der Waals surface area contributed by atoms with Gasteiger partial charge in [0.15, 0.2) is 5.78 Å². The van der Waals surface area contributed by atoms with Crippen LogP contribution in [0, 0.1) is 5.92 Å². The monoisotopic (exact) mass is 261 g/mol. The molecule has 0 amide bonds. The average Bonchev–Trinajstić information content (AvgIpc) is 2.39. The van der Waals surface area contributed by atoms with E-state index in [1.807, 2.05) is 12.1 Å². The zero-order chi connectivity index (χ0) is 13.8. The molecule has 1 fully saturated rings. The minimum atomic E-state index is 0.0702. The summed E-state index contributed by atoms with van der Waals surface area (Å²) in [6, 6.07) is 3.82. The van der Waals surface area contributed by atoms with Crippen LogP contribution < -0.4 is 4.90 Å². The van der Waals surface area contributed by atoms with Crippen LogP contribution in [0.1, 0.15) is 31.1 Å². The van der Waals surface area contributed by atoms with Crippen LogP contribution in [0.4, 0.5) is 5.82 Å². The second kappa shape index (κ2) is 6.15. The number of carbonyl (C=O) groups is 1. The topological polar surface area (TPSA) is 36.4 Å². The molecular formula is C15H23N3O. The van der Waals surface area contributed by atoms with E-state index in [0.717, 1.165) is 37.9 Å². The highest BCUT2D eigenvalue weighted by molar-refractivity contribution is 5.93. The summed E-state index contributed by atoms with van der Waals surface area (Å²) in [5.41, 5.74) is 0.683. The molecule has 4 nitrogen and oxygen atoms in total. The van der Waals surface area contributed by atoms with Crippen molar-refractivity contribution >= 4 is 11.6 Å². The van der Waals surface area contributed by atoms with Crippen molar-refractivity contribution in [1.29, 1.82) is 0 Å². The number of nitrogens with zero attached hydrogens (tertiary/aromatic N) is 3. The third-order valence-electron chi connectivity index (χ3n) is 3.47. The summed E-state index contributed by atoms with van der Waals surface area (Å²) < 4.78 is 0. The number of hydrogen-bond acceptors (Lipinski definition) is 4. The Morgan fingerprint density at radius 1 is 1.26 bits per heavy atom. The third kappa shape index (κ3) is 3.77. The molecule has 0 radical (unpaired) electrons. The van der Waals surface area contributed by atoms with Gasteiger partial charge in [0.2, 0.25) is 0 Å². The molecule has 0 aliphatic carbocycles. The van der Waals surface area contributed by atoms with Gasteiger partial charge in [0.05, 0.1) is 0 Å². The van der Waals surface area contributed by atoms with Gasteiger partial charge < -0.3 is 4.90 Å². The predicted molar refractivity (Wildman–Crippen MR) is 77.7 cm³/mol. The molecule has 0 unspecified atom stereocenters. The van der Waals surface area contributed by atoms with Gasteiger partial charge in [0, 0.05) is 44.5 Å². The fourth-order valence-electron chi connectivity index (χ4n) is 2.46. The molecule has 1 aliphatic heterocycles. The highest BCUT2D eigenvalue weighted by atomic mass is 16.1. The van der Waals surface area contributed by atoms with Crippen LogP contribution in [-0.2, 0) is 0 Å².